The number of likely N-dealkylation sites (tertiary alicyclic amines) is 1. The van der Waals surface area contributed by atoms with Crippen LogP contribution in [0.5, 0.6) is 0 Å². The van der Waals surface area contributed by atoms with E-state index >= 15 is 0 Å². The van der Waals surface area contributed by atoms with Gasteiger partial charge in [-0.2, -0.15) is 0 Å². The molecule has 0 radical (unpaired) electrons. The van der Waals surface area contributed by atoms with Crippen molar-refractivity contribution in [1.29, 1.82) is 0 Å². The van der Waals surface area contributed by atoms with E-state index in [1.807, 2.05) is 12.4 Å². The highest BCUT2D eigenvalue weighted by Gasteiger charge is 2.09. The minimum absolute atomic E-state index is 1.06. The number of aromatic nitrogens is 1. The van der Waals surface area contributed by atoms with Gasteiger partial charge in [-0.3, -0.25) is 9.88 Å². The number of hydrogen-bond acceptors (Lipinski definition) is 3. The lowest BCUT2D eigenvalue weighted by Gasteiger charge is -2.27. The highest BCUT2D eigenvalue weighted by molar-refractivity contribution is 5.09. The lowest BCUT2D eigenvalue weighted by atomic mass is 10.1. The number of unbranched alkanes of at least 4 members (excludes halogenated alkanes) is 1. The van der Waals surface area contributed by atoms with Crippen LogP contribution < -0.4 is 0 Å². The van der Waals surface area contributed by atoms with E-state index in [0.29, 0.717) is 0 Å². The molecule has 0 saturated carbocycles. The van der Waals surface area contributed by atoms with Crippen molar-refractivity contribution in [2.75, 3.05) is 32.7 Å². The van der Waals surface area contributed by atoms with Crippen molar-refractivity contribution in [3.63, 3.8) is 0 Å². The zero-order chi connectivity index (χ0) is 14.0. The summed E-state index contributed by atoms with van der Waals surface area (Å²) in [5.74, 6) is 0. The Hall–Kier alpha value is -0.930. The van der Waals surface area contributed by atoms with Crippen LogP contribution in [-0.2, 0) is 6.54 Å². The molecule has 3 nitrogen and oxygen atoms in total. The second-order valence-electron chi connectivity index (χ2n) is 5.83. The Morgan fingerprint density at radius 1 is 1.10 bits per heavy atom. The van der Waals surface area contributed by atoms with Crippen LogP contribution in [0.1, 0.15) is 44.6 Å². The Labute approximate surface area is 124 Å². The van der Waals surface area contributed by atoms with Gasteiger partial charge in [0.1, 0.15) is 0 Å². The summed E-state index contributed by atoms with van der Waals surface area (Å²) < 4.78 is 0. The maximum atomic E-state index is 4.08. The molecule has 1 saturated heterocycles. The van der Waals surface area contributed by atoms with E-state index in [1.54, 1.807) is 0 Å². The summed E-state index contributed by atoms with van der Waals surface area (Å²) in [5, 5.41) is 0. The van der Waals surface area contributed by atoms with E-state index < -0.39 is 0 Å². The van der Waals surface area contributed by atoms with Crippen LogP contribution in [0.25, 0.3) is 0 Å². The van der Waals surface area contributed by atoms with Gasteiger partial charge in [-0.25, -0.2) is 0 Å². The number of pyridine rings is 1. The van der Waals surface area contributed by atoms with Crippen LogP contribution in [0.15, 0.2) is 24.5 Å². The van der Waals surface area contributed by atoms with Gasteiger partial charge in [0, 0.05) is 18.9 Å². The fraction of sp³-hybridized carbons (Fsp3) is 0.706. The van der Waals surface area contributed by atoms with Crippen LogP contribution in [0, 0.1) is 0 Å². The summed E-state index contributed by atoms with van der Waals surface area (Å²) >= 11 is 0. The number of nitrogens with zero attached hydrogens (tertiary/aromatic N) is 3. The number of hydrogen-bond donors (Lipinski definition) is 0. The first-order valence-electron chi connectivity index (χ1n) is 8.22. The standard InChI is InChI=1S/C17H29N3/c1-2-19(16-17-8-10-18-11-9-17)12-6-7-15-20-13-4-3-5-14-20/h8-11H,2-7,12-16H2,1H3. The molecule has 0 bridgehead atoms. The smallest absolute Gasteiger partial charge is 0.0271 e. The molecule has 112 valence electrons. The Morgan fingerprint density at radius 3 is 2.55 bits per heavy atom. The average Bonchev–Trinajstić information content (AvgIpc) is 2.52. The first kappa shape index (κ1) is 15.5. The third-order valence-corrected chi connectivity index (χ3v) is 4.25. The van der Waals surface area contributed by atoms with Crippen molar-refractivity contribution in [2.24, 2.45) is 0 Å². The van der Waals surface area contributed by atoms with Crippen LogP contribution in [-0.4, -0.2) is 47.5 Å². The monoisotopic (exact) mass is 275 g/mol. The van der Waals surface area contributed by atoms with E-state index in [2.05, 4.69) is 33.8 Å². The zero-order valence-electron chi connectivity index (χ0n) is 12.9. The molecule has 0 unspecified atom stereocenters. The first-order valence-corrected chi connectivity index (χ1v) is 8.22. The summed E-state index contributed by atoms with van der Waals surface area (Å²) in [4.78, 5) is 9.26. The van der Waals surface area contributed by atoms with Crippen molar-refractivity contribution in [2.45, 2.75) is 45.6 Å². The maximum Gasteiger partial charge on any atom is 0.0271 e. The van der Waals surface area contributed by atoms with Crippen molar-refractivity contribution in [3.05, 3.63) is 30.1 Å². The molecule has 20 heavy (non-hydrogen) atoms. The van der Waals surface area contributed by atoms with Gasteiger partial charge >= 0.3 is 0 Å². The van der Waals surface area contributed by atoms with E-state index in [4.69, 9.17) is 0 Å². The van der Waals surface area contributed by atoms with Crippen LogP contribution >= 0.6 is 0 Å². The zero-order valence-corrected chi connectivity index (χ0v) is 12.9. The fourth-order valence-corrected chi connectivity index (χ4v) is 2.95. The summed E-state index contributed by atoms with van der Waals surface area (Å²) in [6.45, 7) is 9.61. The molecule has 1 aliphatic rings. The largest absolute Gasteiger partial charge is 0.303 e. The molecule has 0 spiro atoms. The second-order valence-corrected chi connectivity index (χ2v) is 5.83. The first-order chi connectivity index (χ1) is 9.88. The van der Waals surface area contributed by atoms with Crippen molar-refractivity contribution in [1.82, 2.24) is 14.8 Å². The van der Waals surface area contributed by atoms with Gasteiger partial charge in [0.25, 0.3) is 0 Å². The molecule has 0 amide bonds. The lowest BCUT2D eigenvalue weighted by molar-refractivity contribution is 0.214. The minimum Gasteiger partial charge on any atom is -0.303 e. The second kappa shape index (κ2) is 9.09. The quantitative estimate of drug-likeness (QED) is 0.679. The molecular formula is C17H29N3. The summed E-state index contributed by atoms with van der Waals surface area (Å²) in [7, 11) is 0. The molecule has 1 aliphatic heterocycles. The predicted octanol–water partition coefficient (Wildman–Crippen LogP) is 3.17. The fourth-order valence-electron chi connectivity index (χ4n) is 2.95. The number of rotatable bonds is 8. The molecule has 2 rings (SSSR count). The molecule has 1 fully saturated rings. The Kier molecular flexibility index (Phi) is 7.02. The van der Waals surface area contributed by atoms with Crippen LogP contribution in [0.2, 0.25) is 0 Å². The summed E-state index contributed by atoms with van der Waals surface area (Å²) in [5.41, 5.74) is 1.37. The van der Waals surface area contributed by atoms with Gasteiger partial charge in [-0.1, -0.05) is 13.3 Å². The van der Waals surface area contributed by atoms with Crippen LogP contribution in [0.3, 0.4) is 0 Å². The molecular weight excluding hydrogens is 246 g/mol. The van der Waals surface area contributed by atoms with Crippen molar-refractivity contribution < 1.29 is 0 Å². The van der Waals surface area contributed by atoms with Gasteiger partial charge in [-0.05, 0) is 76.1 Å². The average molecular weight is 275 g/mol. The van der Waals surface area contributed by atoms with E-state index in [0.717, 1.165) is 13.1 Å². The minimum atomic E-state index is 1.06. The van der Waals surface area contributed by atoms with E-state index in [-0.39, 0.29) is 0 Å². The molecule has 0 atom stereocenters. The van der Waals surface area contributed by atoms with Gasteiger partial charge in [0.2, 0.25) is 0 Å². The van der Waals surface area contributed by atoms with Crippen LogP contribution in [0.4, 0.5) is 0 Å². The summed E-state index contributed by atoms with van der Waals surface area (Å²) in [6, 6.07) is 4.24. The normalized spacial score (nSPS) is 16.7. The van der Waals surface area contributed by atoms with Gasteiger partial charge in [-0.15, -0.1) is 0 Å². The van der Waals surface area contributed by atoms with Crippen molar-refractivity contribution in [3.8, 4) is 0 Å². The van der Waals surface area contributed by atoms with E-state index in [1.165, 1.54) is 63.8 Å². The Balaban J connectivity index is 1.61. The topological polar surface area (TPSA) is 19.4 Å². The van der Waals surface area contributed by atoms with Crippen molar-refractivity contribution >= 4 is 0 Å². The molecule has 2 heterocycles. The third kappa shape index (κ3) is 5.59. The highest BCUT2D eigenvalue weighted by Crippen LogP contribution is 2.10. The molecule has 0 aliphatic carbocycles. The highest BCUT2D eigenvalue weighted by atomic mass is 15.1. The molecule has 3 heteroatoms. The molecule has 0 aromatic carbocycles. The van der Waals surface area contributed by atoms with Gasteiger partial charge in [0.15, 0.2) is 0 Å². The molecule has 0 N–H and O–H groups in total. The Morgan fingerprint density at radius 2 is 1.85 bits per heavy atom. The Bertz CT molecular complexity index is 347. The molecule has 1 aromatic rings. The maximum absolute atomic E-state index is 4.08. The molecule has 1 aromatic heterocycles. The SMILES string of the molecule is CCN(CCCCN1CCCCC1)Cc1ccncc1. The van der Waals surface area contributed by atoms with Gasteiger partial charge in [0.05, 0.1) is 0 Å². The number of piperidine rings is 1. The van der Waals surface area contributed by atoms with E-state index in [9.17, 15) is 0 Å². The lowest BCUT2D eigenvalue weighted by Crippen LogP contribution is -2.31. The summed E-state index contributed by atoms with van der Waals surface area (Å²) in [6.07, 6.45) is 10.7. The predicted molar refractivity (Wildman–Crippen MR) is 84.7 cm³/mol. The van der Waals surface area contributed by atoms with Gasteiger partial charge < -0.3 is 4.90 Å². The third-order valence-electron chi connectivity index (χ3n) is 4.25.